The molecule has 0 amide bonds. The fourth-order valence-electron chi connectivity index (χ4n) is 3.86. The van der Waals surface area contributed by atoms with E-state index in [0.29, 0.717) is 0 Å². The molecule has 0 spiro atoms. The van der Waals surface area contributed by atoms with E-state index in [9.17, 15) is 0 Å². The van der Waals surface area contributed by atoms with Gasteiger partial charge >= 0.3 is 0 Å². The number of hydrogen-bond donors (Lipinski definition) is 1. The summed E-state index contributed by atoms with van der Waals surface area (Å²) in [5.41, 5.74) is 4.01. The van der Waals surface area contributed by atoms with E-state index in [1.165, 1.54) is 16.8 Å². The number of para-hydroxylation sites is 1. The Labute approximate surface area is 184 Å². The minimum absolute atomic E-state index is 0. The Kier molecular flexibility index (Phi) is 7.42. The molecule has 2 aromatic carbocycles. The van der Waals surface area contributed by atoms with Crippen LogP contribution in [-0.2, 0) is 12.8 Å². The summed E-state index contributed by atoms with van der Waals surface area (Å²) in [6.07, 6.45) is 2.03. The number of halogens is 1. The van der Waals surface area contributed by atoms with Gasteiger partial charge in [-0.15, -0.1) is 24.0 Å². The van der Waals surface area contributed by atoms with Crippen LogP contribution in [0.5, 0.6) is 5.75 Å². The molecule has 6 heteroatoms. The van der Waals surface area contributed by atoms with Crippen molar-refractivity contribution in [3.8, 4) is 5.75 Å². The highest BCUT2D eigenvalue weighted by molar-refractivity contribution is 14.0. The zero-order valence-electron chi connectivity index (χ0n) is 16.4. The highest BCUT2D eigenvalue weighted by atomic mass is 127. The van der Waals surface area contributed by atoms with Crippen molar-refractivity contribution in [2.45, 2.75) is 12.8 Å². The lowest BCUT2D eigenvalue weighted by molar-refractivity contribution is 0.357. The number of anilines is 1. The molecule has 0 saturated carbocycles. The molecule has 2 aliphatic rings. The SMILES string of the molecule is CN=C(NCCc1ccc2c(c1)CCO2)N1CCN(c2ccccc2)CC1.I. The monoisotopic (exact) mass is 492 g/mol. The van der Waals surface area contributed by atoms with E-state index in [0.717, 1.165) is 63.9 Å². The molecule has 0 aromatic heterocycles. The van der Waals surface area contributed by atoms with Gasteiger partial charge in [-0.3, -0.25) is 4.99 Å². The zero-order chi connectivity index (χ0) is 18.5. The summed E-state index contributed by atoms with van der Waals surface area (Å²) in [6.45, 7) is 5.74. The molecule has 4 rings (SSSR count). The summed E-state index contributed by atoms with van der Waals surface area (Å²) in [4.78, 5) is 9.29. The van der Waals surface area contributed by atoms with Crippen molar-refractivity contribution in [3.05, 3.63) is 59.7 Å². The Balaban J connectivity index is 0.00000225. The van der Waals surface area contributed by atoms with Crippen LogP contribution in [0.25, 0.3) is 0 Å². The van der Waals surface area contributed by atoms with Gasteiger partial charge < -0.3 is 19.9 Å². The van der Waals surface area contributed by atoms with Gasteiger partial charge in [0.05, 0.1) is 6.61 Å². The predicted molar refractivity (Wildman–Crippen MR) is 126 cm³/mol. The first kappa shape index (κ1) is 20.8. The summed E-state index contributed by atoms with van der Waals surface area (Å²) < 4.78 is 5.59. The number of piperazine rings is 1. The van der Waals surface area contributed by atoms with Gasteiger partial charge in [0.25, 0.3) is 0 Å². The lowest BCUT2D eigenvalue weighted by Gasteiger charge is -2.37. The van der Waals surface area contributed by atoms with E-state index in [1.54, 1.807) is 0 Å². The Bertz CT molecular complexity index is 788. The van der Waals surface area contributed by atoms with Crippen molar-refractivity contribution in [1.82, 2.24) is 10.2 Å². The van der Waals surface area contributed by atoms with Gasteiger partial charge in [0.1, 0.15) is 5.75 Å². The maximum Gasteiger partial charge on any atom is 0.193 e. The first-order valence-electron chi connectivity index (χ1n) is 9.84. The average Bonchev–Trinajstić information content (AvgIpc) is 3.20. The maximum atomic E-state index is 5.59. The number of nitrogens with one attached hydrogen (secondary N) is 1. The van der Waals surface area contributed by atoms with E-state index in [4.69, 9.17) is 4.74 Å². The van der Waals surface area contributed by atoms with Gasteiger partial charge in [0.15, 0.2) is 5.96 Å². The van der Waals surface area contributed by atoms with Crippen LogP contribution in [0.4, 0.5) is 5.69 Å². The van der Waals surface area contributed by atoms with Gasteiger partial charge in [0, 0.05) is 51.9 Å². The van der Waals surface area contributed by atoms with Gasteiger partial charge in [-0.25, -0.2) is 0 Å². The molecule has 2 aromatic rings. The lowest BCUT2D eigenvalue weighted by atomic mass is 10.1. The first-order valence-corrected chi connectivity index (χ1v) is 9.84. The third kappa shape index (κ3) is 4.90. The molecule has 1 fully saturated rings. The average molecular weight is 492 g/mol. The molecule has 28 heavy (non-hydrogen) atoms. The molecule has 0 aliphatic carbocycles. The Hall–Kier alpha value is -1.96. The number of guanidine groups is 1. The van der Waals surface area contributed by atoms with Crippen molar-refractivity contribution >= 4 is 35.6 Å². The summed E-state index contributed by atoms with van der Waals surface area (Å²) >= 11 is 0. The number of hydrogen-bond acceptors (Lipinski definition) is 3. The molecule has 5 nitrogen and oxygen atoms in total. The fourth-order valence-corrected chi connectivity index (χ4v) is 3.86. The van der Waals surface area contributed by atoms with E-state index in [1.807, 2.05) is 7.05 Å². The van der Waals surface area contributed by atoms with Gasteiger partial charge in [-0.05, 0) is 35.7 Å². The molecule has 150 valence electrons. The van der Waals surface area contributed by atoms with Crippen LogP contribution in [0.15, 0.2) is 53.5 Å². The van der Waals surface area contributed by atoms with Crippen LogP contribution in [0.2, 0.25) is 0 Å². The Morgan fingerprint density at radius 1 is 1.07 bits per heavy atom. The number of aliphatic imine (C=N–C) groups is 1. The van der Waals surface area contributed by atoms with E-state index < -0.39 is 0 Å². The third-order valence-electron chi connectivity index (χ3n) is 5.36. The minimum Gasteiger partial charge on any atom is -0.493 e. The van der Waals surface area contributed by atoms with Crippen LogP contribution in [0.1, 0.15) is 11.1 Å². The molecular formula is C22H29IN4O. The summed E-state index contributed by atoms with van der Waals surface area (Å²) in [7, 11) is 1.87. The number of nitrogens with zero attached hydrogens (tertiary/aromatic N) is 3. The molecule has 2 heterocycles. The molecular weight excluding hydrogens is 463 g/mol. The zero-order valence-corrected chi connectivity index (χ0v) is 18.8. The summed E-state index contributed by atoms with van der Waals surface area (Å²) in [5.74, 6) is 2.06. The van der Waals surface area contributed by atoms with Crippen LogP contribution in [0.3, 0.4) is 0 Å². The standard InChI is InChI=1S/C22H28N4O.HI/c1-23-22(24-11-9-18-7-8-21-19(17-18)10-16-27-21)26-14-12-25(13-15-26)20-5-3-2-4-6-20;/h2-8,17H,9-16H2,1H3,(H,23,24);1H. The highest BCUT2D eigenvalue weighted by Crippen LogP contribution is 2.25. The molecule has 1 saturated heterocycles. The van der Waals surface area contributed by atoms with Crippen LogP contribution < -0.4 is 15.0 Å². The number of benzene rings is 2. The number of fused-ring (bicyclic) bond motifs is 1. The second-order valence-corrected chi connectivity index (χ2v) is 7.07. The first-order chi connectivity index (χ1) is 13.3. The maximum absolute atomic E-state index is 5.59. The van der Waals surface area contributed by atoms with E-state index in [-0.39, 0.29) is 24.0 Å². The minimum atomic E-state index is 0. The summed E-state index contributed by atoms with van der Waals surface area (Å²) in [6, 6.07) is 17.2. The smallest absolute Gasteiger partial charge is 0.193 e. The van der Waals surface area contributed by atoms with Crippen LogP contribution in [-0.4, -0.2) is 57.2 Å². The quantitative estimate of drug-likeness (QED) is 0.405. The topological polar surface area (TPSA) is 40.1 Å². The predicted octanol–water partition coefficient (Wildman–Crippen LogP) is 3.18. The molecule has 1 N–H and O–H groups in total. The normalized spacial score (nSPS) is 16.2. The van der Waals surface area contributed by atoms with Crippen molar-refractivity contribution in [1.29, 1.82) is 0 Å². The van der Waals surface area contributed by atoms with Crippen molar-refractivity contribution in [2.24, 2.45) is 4.99 Å². The molecule has 0 unspecified atom stereocenters. The fraction of sp³-hybridized carbons (Fsp3) is 0.409. The van der Waals surface area contributed by atoms with Crippen molar-refractivity contribution < 1.29 is 4.74 Å². The number of ether oxygens (including phenoxy) is 1. The van der Waals surface area contributed by atoms with Crippen LogP contribution >= 0.6 is 24.0 Å². The van der Waals surface area contributed by atoms with E-state index in [2.05, 4.69) is 68.6 Å². The highest BCUT2D eigenvalue weighted by Gasteiger charge is 2.19. The summed E-state index contributed by atoms with van der Waals surface area (Å²) in [5, 5.41) is 3.54. The lowest BCUT2D eigenvalue weighted by Crippen LogP contribution is -2.52. The van der Waals surface area contributed by atoms with Gasteiger partial charge in [0.2, 0.25) is 0 Å². The van der Waals surface area contributed by atoms with Crippen molar-refractivity contribution in [3.63, 3.8) is 0 Å². The number of rotatable bonds is 4. The van der Waals surface area contributed by atoms with Gasteiger partial charge in [-0.2, -0.15) is 0 Å². The largest absolute Gasteiger partial charge is 0.493 e. The molecule has 0 atom stereocenters. The molecule has 2 aliphatic heterocycles. The Morgan fingerprint density at radius 3 is 2.61 bits per heavy atom. The Morgan fingerprint density at radius 2 is 1.86 bits per heavy atom. The van der Waals surface area contributed by atoms with Crippen LogP contribution in [0, 0.1) is 0 Å². The van der Waals surface area contributed by atoms with Gasteiger partial charge in [-0.1, -0.05) is 30.3 Å². The second kappa shape index (κ2) is 10.0. The molecule has 0 bridgehead atoms. The molecule has 0 radical (unpaired) electrons. The second-order valence-electron chi connectivity index (χ2n) is 7.07. The third-order valence-corrected chi connectivity index (χ3v) is 5.36. The van der Waals surface area contributed by atoms with Crippen molar-refractivity contribution in [2.75, 3.05) is 51.3 Å². The van der Waals surface area contributed by atoms with E-state index >= 15 is 0 Å².